The first-order chi connectivity index (χ1) is 43.5. The Labute approximate surface area is 550 Å². The summed E-state index contributed by atoms with van der Waals surface area (Å²) in [7, 11) is -3.95. The van der Waals surface area contributed by atoms with Gasteiger partial charge in [0.15, 0.2) is 6.10 Å². The van der Waals surface area contributed by atoms with Crippen LogP contribution in [0.2, 0.25) is 0 Å². The van der Waals surface area contributed by atoms with Gasteiger partial charge in [0.25, 0.3) is 7.82 Å². The van der Waals surface area contributed by atoms with Crippen LogP contribution in [-0.4, -0.2) is 203 Å². The molecule has 2 aromatic rings. The smallest absolute Gasteiger partial charge is 0.756 e. The van der Waals surface area contributed by atoms with E-state index in [1.165, 1.54) is 85.7 Å². The molecule has 2 aliphatic rings. The number of anilines is 1. The maximum atomic E-state index is 13.7. The van der Waals surface area contributed by atoms with Crippen molar-refractivity contribution in [3.05, 3.63) is 114 Å². The van der Waals surface area contributed by atoms with Gasteiger partial charge in [0.1, 0.15) is 55.1 Å². The van der Waals surface area contributed by atoms with Crippen molar-refractivity contribution < 1.29 is 177 Å². The average molecular weight is 1360 g/mol. The number of halogens is 5. The summed E-state index contributed by atoms with van der Waals surface area (Å²) in [6.45, 7) is 0.0472. The monoisotopic (exact) mass is 1360 g/mol. The van der Waals surface area contributed by atoms with Crippen LogP contribution in [0.25, 0.3) is 0 Å². The molecule has 0 aliphatic carbocycles. The Kier molecular flexibility index (Phi) is 35.2. The summed E-state index contributed by atoms with van der Waals surface area (Å²) >= 11 is 0. The summed E-state index contributed by atoms with van der Waals surface area (Å²) in [6.07, 6.45) is -1.99. The number of carbonyl (C=O) groups is 7. The number of carboxylic acid groups (broad SMARTS) is 1. The van der Waals surface area contributed by atoms with Crippen molar-refractivity contribution in [2.24, 2.45) is 0 Å². The number of aliphatic hydroxyl groups excluding tert-OH is 4. The van der Waals surface area contributed by atoms with Crippen LogP contribution in [0.1, 0.15) is 57.4 Å². The van der Waals surface area contributed by atoms with Crippen molar-refractivity contribution in [3.63, 3.8) is 0 Å². The van der Waals surface area contributed by atoms with Gasteiger partial charge in [-0.25, -0.2) is 27.6 Å². The van der Waals surface area contributed by atoms with E-state index in [4.69, 9.17) is 37.9 Å². The first kappa shape index (κ1) is 80.7. The van der Waals surface area contributed by atoms with E-state index in [1.807, 2.05) is 0 Å². The maximum absolute atomic E-state index is 13.7. The number of rotatable bonds is 38. The third kappa shape index (κ3) is 28.9. The van der Waals surface area contributed by atoms with Crippen molar-refractivity contribution in [1.82, 2.24) is 10.2 Å². The Morgan fingerprint density at radius 1 is 0.839 bits per heavy atom. The van der Waals surface area contributed by atoms with Gasteiger partial charge in [-0.1, -0.05) is 48.6 Å². The number of allylic oxidation sites excluding steroid dienone is 4. The molecule has 36 heteroatoms. The zero-order chi connectivity index (χ0) is 68.1. The van der Waals surface area contributed by atoms with Crippen molar-refractivity contribution >= 4 is 55.3 Å². The van der Waals surface area contributed by atoms with Crippen molar-refractivity contribution in [2.45, 2.75) is 113 Å². The van der Waals surface area contributed by atoms with Crippen LogP contribution in [-0.2, 0) is 77.6 Å². The number of carbonyl (C=O) groups excluding carboxylic acids is 6. The summed E-state index contributed by atoms with van der Waals surface area (Å²) in [4.78, 5) is 108. The molecular formula is C57H70F5N3NaO26P. The average Bonchev–Trinajstić information content (AvgIpc) is 1.78. The molecule has 93 heavy (non-hydrogen) atoms. The second-order valence-electron chi connectivity index (χ2n) is 20.1. The van der Waals surface area contributed by atoms with Crippen LogP contribution >= 0.6 is 7.82 Å². The molecule has 0 aromatic heterocycles. The fraction of sp³-hybridized carbons (Fsp3) is 0.491. The molecule has 4 rings (SSSR count). The van der Waals surface area contributed by atoms with Gasteiger partial charge in [-0.2, -0.15) is 8.78 Å². The summed E-state index contributed by atoms with van der Waals surface area (Å²) in [5, 5.41) is 67.0. The van der Waals surface area contributed by atoms with Gasteiger partial charge in [-0.15, -0.1) is 0 Å². The van der Waals surface area contributed by atoms with Crippen LogP contribution in [0, 0.1) is 29.1 Å². The predicted octanol–water partition coefficient (Wildman–Crippen LogP) is -1.13. The number of hydrogen-bond donors (Lipinski definition) is 9. The predicted molar refractivity (Wildman–Crippen MR) is 300 cm³/mol. The van der Waals surface area contributed by atoms with Crippen LogP contribution in [0.15, 0.2) is 79.0 Å². The van der Waals surface area contributed by atoms with Gasteiger partial charge in [0.05, 0.1) is 57.9 Å². The number of nitrogens with one attached hydrogen (secondary N) is 2. The Morgan fingerprint density at radius 3 is 2.12 bits per heavy atom. The van der Waals surface area contributed by atoms with E-state index in [2.05, 4.69) is 19.9 Å². The summed E-state index contributed by atoms with van der Waals surface area (Å²) in [5.41, 5.74) is -1.91. The Hall–Kier alpha value is -6.57. The molecule has 0 saturated carbocycles. The van der Waals surface area contributed by atoms with E-state index in [1.54, 1.807) is 6.08 Å². The molecule has 2 aromatic carbocycles. The molecular weight excluding hydrogens is 1290 g/mol. The fourth-order valence-electron chi connectivity index (χ4n) is 7.84. The van der Waals surface area contributed by atoms with Crippen LogP contribution in [0.4, 0.5) is 32.4 Å². The molecule has 510 valence electrons. The molecule has 1 fully saturated rings. The van der Waals surface area contributed by atoms with E-state index < -0.39 is 152 Å². The second kappa shape index (κ2) is 40.6. The zero-order valence-corrected chi connectivity index (χ0v) is 53.2. The normalized spacial score (nSPS) is 20.1. The number of cyclic esters (lactones) is 1. The van der Waals surface area contributed by atoms with E-state index in [-0.39, 0.29) is 138 Å². The molecule has 0 radical (unpaired) electrons. The minimum Gasteiger partial charge on any atom is -0.756 e. The quantitative estimate of drug-likeness (QED) is 0.00328. The molecule has 10 atom stereocenters. The van der Waals surface area contributed by atoms with Gasteiger partial charge >= 0.3 is 59.5 Å². The second-order valence-corrected chi connectivity index (χ2v) is 21.2. The number of hydrogen-bond acceptors (Lipinski definition) is 24. The van der Waals surface area contributed by atoms with E-state index in [0.29, 0.717) is 6.42 Å². The topological polar surface area (TPSA) is 421 Å². The number of amides is 3. The van der Waals surface area contributed by atoms with Gasteiger partial charge in [-0.3, -0.25) is 23.7 Å². The Bertz CT molecular complexity index is 3010. The minimum atomic E-state index is -5.38. The molecule has 0 bridgehead atoms. The van der Waals surface area contributed by atoms with Gasteiger partial charge < -0.3 is 103 Å². The number of aliphatic carboxylic acids is 1. The number of ether oxygens (including phenoxy) is 9. The van der Waals surface area contributed by atoms with Crippen molar-refractivity contribution in [2.75, 3.05) is 71.7 Å². The zero-order valence-electron chi connectivity index (χ0n) is 50.3. The van der Waals surface area contributed by atoms with Crippen molar-refractivity contribution in [1.29, 1.82) is 0 Å². The van der Waals surface area contributed by atoms with E-state index >= 15 is 0 Å². The summed E-state index contributed by atoms with van der Waals surface area (Å²) in [5.74, 6) is -19.1. The van der Waals surface area contributed by atoms with Crippen LogP contribution in [0.5, 0.6) is 11.5 Å². The first-order valence-corrected chi connectivity index (χ1v) is 29.4. The van der Waals surface area contributed by atoms with E-state index in [0.717, 1.165) is 6.08 Å². The molecule has 1 unspecified atom stereocenters. The fourth-order valence-corrected chi connectivity index (χ4v) is 8.46. The number of benzene rings is 2. The largest absolute Gasteiger partial charge is 1.00 e. The van der Waals surface area contributed by atoms with Gasteiger partial charge in [0.2, 0.25) is 52.9 Å². The minimum absolute atomic E-state index is 0. The molecule has 0 spiro atoms. The van der Waals surface area contributed by atoms with Crippen molar-refractivity contribution in [3.8, 4) is 11.5 Å². The number of phosphoric acid groups is 1. The molecule has 29 nitrogen and oxygen atoms in total. The van der Waals surface area contributed by atoms with E-state index in [9.17, 15) is 101 Å². The van der Waals surface area contributed by atoms with Gasteiger partial charge in [0, 0.05) is 58.3 Å². The molecule has 2 aliphatic heterocycles. The third-order valence-corrected chi connectivity index (χ3v) is 13.2. The maximum Gasteiger partial charge on any atom is 1.00 e. The number of nitrogens with zero attached hydrogens (tertiary/aromatic N) is 1. The molecule has 1 saturated heterocycles. The first-order valence-electron chi connectivity index (χ1n) is 27.9. The molecule has 2 heterocycles. The SMILES string of the molecule is CN(CCCC(=O)OCc1ccc(O[C@@H]2O[C@H](C(=O)O)[C@@H](O)[C@H](O)[C@H]2O)c(NC(=O)CCNC(=O)CCOCCOCCOCCC(=O)Oc2c(F)c(F)c(F)c(F)c2F)c1)C(=O)OC/C=C/C=C\C=C/[C@@H](O)C[C@@H](OP(=O)([O-])O)[C@](C)(O)/C=C/[C@H]1CC=CC(=O)O1.[Na+]. The third-order valence-electron chi connectivity index (χ3n) is 12.7. The number of esters is 3. The van der Waals surface area contributed by atoms with Gasteiger partial charge in [-0.05, 0) is 43.2 Å². The van der Waals surface area contributed by atoms with Crippen LogP contribution < -0.4 is 54.6 Å². The van der Waals surface area contributed by atoms with Crippen LogP contribution in [0.3, 0.4) is 0 Å². The summed E-state index contributed by atoms with van der Waals surface area (Å²) < 4.78 is 130. The molecule has 9 N–H and O–H groups in total. The number of aliphatic hydroxyl groups is 5. The Balaban J connectivity index is 0.0000226. The molecule has 3 amide bonds. The number of carboxylic acids is 1. The summed E-state index contributed by atoms with van der Waals surface area (Å²) in [6, 6.07) is 3.92. The number of phosphoric ester groups is 1. The Morgan fingerprint density at radius 2 is 1.47 bits per heavy atom. The standard InChI is InChI=1S/C57H71F5N3O26P.Na/c1-57(78,20-16-35-11-8-12-42(70)87-35)38(91-92(79,80)81)31-34(66)10-6-4-3-5-7-23-85-56(77)65(2)22-9-13-41(69)86-32-33-14-15-37(88-55-51(74)49(72)50(73)53(90-55)54(75)76)36(30-33)64-40(68)17-21-63-39(67)18-24-82-26-28-84-29-27-83-25-19-43(71)89-52-47(61)45(59)44(58)46(60)48(52)62;/h3-8,10,12,14-16,20,30,34-35,38,49-51,53,55,66,72-74,78H,9,11,13,17-19,21-29,31-32H2,1-2H3,(H,63,67)(H,64,68)(H,75,76)(H2,79,80,81);/q;+1/p-1/b4-3-,7-5+,10-6-,20-16+;/t34-,35-,38-,49+,50+,51-,53+,55-,57-;/m1./s1.